The second-order valence-electron chi connectivity index (χ2n) is 11.6. The molecule has 202 valence electrons. The van der Waals surface area contributed by atoms with E-state index >= 15 is 0 Å². The molecule has 0 spiro atoms. The minimum absolute atomic E-state index is 0.307. The number of nitrogens with zero attached hydrogens (tertiary/aromatic N) is 3. The molecule has 41 heavy (non-hydrogen) atoms. The normalized spacial score (nSPS) is 11.6. The first-order valence-corrected chi connectivity index (χ1v) is 14.4. The number of aromatic nitrogens is 2. The van der Waals surface area contributed by atoms with Crippen molar-refractivity contribution >= 4 is 27.5 Å². The Morgan fingerprint density at radius 3 is 2.05 bits per heavy atom. The molecule has 0 atom stereocenters. The first kappa shape index (κ1) is 26.5. The molecule has 0 fully saturated rings. The van der Waals surface area contributed by atoms with Crippen LogP contribution in [0.3, 0.4) is 0 Å². The van der Waals surface area contributed by atoms with E-state index in [9.17, 15) is 0 Å². The third-order valence-electron chi connectivity index (χ3n) is 8.40. The molecule has 6 rings (SSSR count). The fourth-order valence-corrected chi connectivity index (χ4v) is 6.23. The van der Waals surface area contributed by atoms with Gasteiger partial charge in [-0.1, -0.05) is 94.4 Å². The van der Waals surface area contributed by atoms with Crippen LogP contribution in [0.5, 0.6) is 0 Å². The van der Waals surface area contributed by atoms with Crippen LogP contribution >= 0.6 is 0 Å². The Hall–Kier alpha value is -4.68. The molecule has 0 bridgehead atoms. The van der Waals surface area contributed by atoms with Gasteiger partial charge in [0.1, 0.15) is 5.69 Å². The lowest BCUT2D eigenvalue weighted by atomic mass is 9.88. The van der Waals surface area contributed by atoms with Gasteiger partial charge in [0.25, 0.3) is 5.82 Å². The third kappa shape index (κ3) is 4.41. The van der Waals surface area contributed by atoms with Crippen LogP contribution in [0, 0.1) is 13.5 Å². The Bertz CT molecular complexity index is 1940. The van der Waals surface area contributed by atoms with Gasteiger partial charge in [-0.15, -0.1) is 0 Å². The smallest absolute Gasteiger partial charge is 0.238 e. The van der Waals surface area contributed by atoms with Gasteiger partial charge in [0.2, 0.25) is 0 Å². The van der Waals surface area contributed by atoms with Gasteiger partial charge in [-0.3, -0.25) is 0 Å². The number of aryl methyl sites for hydroxylation is 2. The molecule has 5 aromatic carbocycles. The fourth-order valence-electron chi connectivity index (χ4n) is 6.23. The summed E-state index contributed by atoms with van der Waals surface area (Å²) in [6.07, 6.45) is 0. The molecule has 0 amide bonds. The molecule has 6 aromatic rings. The van der Waals surface area contributed by atoms with E-state index in [1.54, 1.807) is 0 Å². The van der Waals surface area contributed by atoms with E-state index in [-0.39, 0.29) is 0 Å². The van der Waals surface area contributed by atoms with Crippen molar-refractivity contribution in [1.82, 2.24) is 4.57 Å². The number of rotatable bonds is 5. The molecule has 0 saturated carbocycles. The lowest BCUT2D eigenvalue weighted by Crippen LogP contribution is -2.36. The van der Waals surface area contributed by atoms with Crippen LogP contribution in [0.15, 0.2) is 97.1 Å². The number of hydrogen-bond donors (Lipinski definition) is 0. The molecular formula is C38H36N3+. The van der Waals surface area contributed by atoms with Gasteiger partial charge in [0.05, 0.1) is 19.2 Å². The van der Waals surface area contributed by atoms with E-state index in [1.807, 2.05) is 12.1 Å². The van der Waals surface area contributed by atoms with Gasteiger partial charge >= 0.3 is 0 Å². The van der Waals surface area contributed by atoms with Crippen molar-refractivity contribution in [3.8, 4) is 28.2 Å². The average Bonchev–Trinajstić information content (AvgIpc) is 3.27. The predicted molar refractivity (Wildman–Crippen MR) is 172 cm³/mol. The van der Waals surface area contributed by atoms with Gasteiger partial charge in [0.15, 0.2) is 16.7 Å². The summed E-state index contributed by atoms with van der Waals surface area (Å²) in [5.74, 6) is 1.74. The van der Waals surface area contributed by atoms with Crippen LogP contribution in [0.4, 0.5) is 5.69 Å². The zero-order valence-electron chi connectivity index (χ0n) is 24.7. The molecule has 3 nitrogen and oxygen atoms in total. The van der Waals surface area contributed by atoms with Gasteiger partial charge in [-0.25, -0.2) is 9.41 Å². The maximum atomic E-state index is 7.70. The Morgan fingerprint density at radius 2 is 1.39 bits per heavy atom. The van der Waals surface area contributed by atoms with E-state index < -0.39 is 0 Å². The molecule has 0 saturated heterocycles. The summed E-state index contributed by atoms with van der Waals surface area (Å²) < 4.78 is 4.75. The number of benzene rings is 5. The summed E-state index contributed by atoms with van der Waals surface area (Å²) in [5, 5.41) is 2.50. The second kappa shape index (κ2) is 10.4. The monoisotopic (exact) mass is 534 g/mol. The highest BCUT2D eigenvalue weighted by atomic mass is 15.2. The van der Waals surface area contributed by atoms with Crippen LogP contribution in [-0.2, 0) is 7.05 Å². The van der Waals surface area contributed by atoms with Crippen LogP contribution in [-0.4, -0.2) is 4.57 Å². The Balaban J connectivity index is 1.78. The molecular weight excluding hydrogens is 498 g/mol. The van der Waals surface area contributed by atoms with E-state index in [0.29, 0.717) is 17.5 Å². The van der Waals surface area contributed by atoms with E-state index in [1.165, 1.54) is 49.8 Å². The summed E-state index contributed by atoms with van der Waals surface area (Å²) in [6.45, 7) is 19.1. The first-order valence-electron chi connectivity index (χ1n) is 14.4. The molecule has 0 aliphatic heterocycles. The van der Waals surface area contributed by atoms with Gasteiger partial charge in [-0.05, 0) is 76.6 Å². The number of fused-ring (bicyclic) bond motifs is 2. The summed E-state index contributed by atoms with van der Waals surface area (Å²) in [5.41, 5.74) is 11.6. The van der Waals surface area contributed by atoms with Crippen molar-refractivity contribution in [1.29, 1.82) is 0 Å². The summed E-state index contributed by atoms with van der Waals surface area (Å²) in [4.78, 5) is 3.77. The molecule has 0 unspecified atom stereocenters. The summed E-state index contributed by atoms with van der Waals surface area (Å²) >= 11 is 0. The Labute approximate surface area is 243 Å². The Kier molecular flexibility index (Phi) is 6.72. The van der Waals surface area contributed by atoms with Crippen LogP contribution in [0.1, 0.15) is 56.2 Å². The van der Waals surface area contributed by atoms with Gasteiger partial charge < -0.3 is 0 Å². The van der Waals surface area contributed by atoms with Gasteiger partial charge in [0, 0.05) is 11.1 Å². The van der Waals surface area contributed by atoms with Crippen molar-refractivity contribution in [2.24, 2.45) is 7.05 Å². The molecule has 1 aromatic heterocycles. The highest BCUT2D eigenvalue weighted by Crippen LogP contribution is 2.38. The highest BCUT2D eigenvalue weighted by Gasteiger charge is 2.32. The quantitative estimate of drug-likeness (QED) is 0.154. The Morgan fingerprint density at radius 1 is 0.732 bits per heavy atom. The molecule has 0 aliphatic rings. The van der Waals surface area contributed by atoms with Crippen molar-refractivity contribution in [3.63, 3.8) is 0 Å². The van der Waals surface area contributed by atoms with Crippen LogP contribution in [0.25, 0.3) is 54.9 Å². The fraction of sp³-hybridized carbons (Fsp3) is 0.211. The largest absolute Gasteiger partial charge is 0.295 e. The SMILES string of the molecule is [C-]#[N+]c1ccc2c(c1)n(C)c(-c1ccc3ccccc3c1C)[n+]2-c1c(C(C)C)cc(-c2ccccc2)cc1C(C)C. The zero-order valence-corrected chi connectivity index (χ0v) is 24.7. The molecule has 0 radical (unpaired) electrons. The van der Waals surface area contributed by atoms with Crippen molar-refractivity contribution in [3.05, 3.63) is 125 Å². The molecule has 1 heterocycles. The minimum atomic E-state index is 0.307. The maximum Gasteiger partial charge on any atom is 0.295 e. The second-order valence-corrected chi connectivity index (χ2v) is 11.6. The molecule has 0 aliphatic carbocycles. The zero-order chi connectivity index (χ0) is 28.8. The third-order valence-corrected chi connectivity index (χ3v) is 8.40. The molecule has 0 N–H and O–H groups in total. The topological polar surface area (TPSA) is 13.2 Å². The van der Waals surface area contributed by atoms with E-state index in [0.717, 1.165) is 16.9 Å². The lowest BCUT2D eigenvalue weighted by Gasteiger charge is -2.21. The van der Waals surface area contributed by atoms with Crippen molar-refractivity contribution in [2.75, 3.05) is 0 Å². The lowest BCUT2D eigenvalue weighted by molar-refractivity contribution is -0.557. The average molecular weight is 535 g/mol. The molecule has 3 heteroatoms. The number of hydrogen-bond acceptors (Lipinski definition) is 0. The van der Waals surface area contributed by atoms with E-state index in [2.05, 4.69) is 141 Å². The highest BCUT2D eigenvalue weighted by molar-refractivity contribution is 5.91. The first-order chi connectivity index (χ1) is 19.8. The van der Waals surface area contributed by atoms with Gasteiger partial charge in [-0.2, -0.15) is 4.57 Å². The van der Waals surface area contributed by atoms with Crippen molar-refractivity contribution in [2.45, 2.75) is 46.5 Å². The number of imidazole rings is 1. The van der Waals surface area contributed by atoms with Crippen LogP contribution < -0.4 is 4.57 Å². The predicted octanol–water partition coefficient (Wildman–Crippen LogP) is 10.0. The summed E-state index contributed by atoms with van der Waals surface area (Å²) in [6, 6.07) is 34.7. The standard InChI is InChI=1S/C38H36N3/c1-24(2)33-21-29(27-13-9-8-10-14-27)22-34(25(3)4)37(33)41-35-20-18-30(39-6)23-36(35)40(7)38(41)32-19-17-28-15-11-12-16-31(28)26(32)5/h8-25H,1-5,7H3/q+1. The maximum absolute atomic E-state index is 7.70. The summed E-state index contributed by atoms with van der Waals surface area (Å²) in [7, 11) is 2.14. The van der Waals surface area contributed by atoms with Crippen LogP contribution in [0.2, 0.25) is 0 Å². The van der Waals surface area contributed by atoms with Crippen molar-refractivity contribution < 1.29 is 4.57 Å². The van der Waals surface area contributed by atoms with E-state index in [4.69, 9.17) is 6.57 Å². The minimum Gasteiger partial charge on any atom is -0.238 e.